The number of hydrogen-bond donors (Lipinski definition) is 2. The minimum absolute atomic E-state index is 0.0875. The Labute approximate surface area is 107 Å². The van der Waals surface area contributed by atoms with Gasteiger partial charge >= 0.3 is 0 Å². The maximum Gasteiger partial charge on any atom is 0.255 e. The molecule has 0 unspecified atom stereocenters. The first-order valence-electron chi connectivity index (χ1n) is 5.32. The summed E-state index contributed by atoms with van der Waals surface area (Å²) in [5.74, 6) is 0.563. The van der Waals surface area contributed by atoms with Crippen molar-refractivity contribution >= 4 is 23.4 Å². The third-order valence-electron chi connectivity index (χ3n) is 2.69. The zero-order valence-corrected chi connectivity index (χ0v) is 11.1. The summed E-state index contributed by atoms with van der Waals surface area (Å²) in [6.45, 7) is 3.56. The van der Waals surface area contributed by atoms with Gasteiger partial charge in [0.2, 0.25) is 11.7 Å². The second-order valence-electron chi connectivity index (χ2n) is 3.77. The van der Waals surface area contributed by atoms with E-state index in [0.29, 0.717) is 16.5 Å². The Bertz CT molecular complexity index is 660. The lowest BCUT2D eigenvalue weighted by atomic mass is 10.3. The van der Waals surface area contributed by atoms with Crippen LogP contribution in [-0.4, -0.2) is 38.3 Å². The fourth-order valence-electron chi connectivity index (χ4n) is 1.48. The van der Waals surface area contributed by atoms with Gasteiger partial charge in [-0.25, -0.2) is 0 Å². The van der Waals surface area contributed by atoms with Crippen molar-refractivity contribution in [2.24, 2.45) is 0 Å². The van der Waals surface area contributed by atoms with Gasteiger partial charge in [-0.1, -0.05) is 11.8 Å². The van der Waals surface area contributed by atoms with Gasteiger partial charge in [0.1, 0.15) is 0 Å². The molecule has 0 saturated heterocycles. The van der Waals surface area contributed by atoms with E-state index < -0.39 is 0 Å². The van der Waals surface area contributed by atoms with E-state index in [2.05, 4.69) is 20.5 Å². The van der Waals surface area contributed by atoms with E-state index in [1.807, 2.05) is 6.92 Å². The Morgan fingerprint density at radius 2 is 2.17 bits per heavy atom. The minimum atomic E-state index is -0.171. The Hall–Kier alpha value is -1.83. The lowest BCUT2D eigenvalue weighted by molar-refractivity contribution is -0.118. The van der Waals surface area contributed by atoms with Crippen LogP contribution in [0.25, 0.3) is 5.78 Å². The molecule has 0 aliphatic carbocycles. The highest BCUT2D eigenvalue weighted by molar-refractivity contribution is 7.99. The Kier molecular flexibility index (Phi) is 3.37. The fraction of sp³-hybridized carbons (Fsp3) is 0.400. The quantitative estimate of drug-likeness (QED) is 0.756. The molecule has 0 bridgehead atoms. The molecule has 96 valence electrons. The van der Waals surface area contributed by atoms with Gasteiger partial charge in [0.05, 0.1) is 5.75 Å². The molecule has 1 amide bonds. The van der Waals surface area contributed by atoms with Crippen LogP contribution < -0.4 is 10.9 Å². The molecule has 2 aromatic heterocycles. The van der Waals surface area contributed by atoms with Crippen molar-refractivity contribution in [3.05, 3.63) is 21.6 Å². The van der Waals surface area contributed by atoms with Crippen LogP contribution in [-0.2, 0) is 4.79 Å². The molecule has 7 nitrogen and oxygen atoms in total. The fourth-order valence-corrected chi connectivity index (χ4v) is 2.33. The summed E-state index contributed by atoms with van der Waals surface area (Å²) in [6, 6.07) is 0. The summed E-state index contributed by atoms with van der Waals surface area (Å²) < 4.78 is 1.74. The van der Waals surface area contributed by atoms with Gasteiger partial charge in [-0.3, -0.25) is 19.0 Å². The molecule has 8 heteroatoms. The topological polar surface area (TPSA) is 92.2 Å². The van der Waals surface area contributed by atoms with Crippen LogP contribution >= 0.6 is 11.8 Å². The third kappa shape index (κ3) is 2.10. The number of thioether (sulfide) groups is 1. The summed E-state index contributed by atoms with van der Waals surface area (Å²) in [4.78, 5) is 25.4. The molecule has 2 heterocycles. The van der Waals surface area contributed by atoms with Crippen molar-refractivity contribution in [2.75, 3.05) is 12.8 Å². The van der Waals surface area contributed by atoms with Crippen LogP contribution in [0.2, 0.25) is 0 Å². The van der Waals surface area contributed by atoms with Crippen LogP contribution in [0.4, 0.5) is 0 Å². The standard InChI is InChI=1S/C10H13N5O2S/c1-5-6(2)15-9(12-8(5)17)13-14-10(15)18-4-7(16)11-3/h4H2,1-3H3,(H,11,16)(H,12,13,17). The monoisotopic (exact) mass is 267 g/mol. The number of fused-ring (bicyclic) bond motifs is 1. The number of hydrogen-bond acceptors (Lipinski definition) is 5. The van der Waals surface area contributed by atoms with Crippen LogP contribution in [0.15, 0.2) is 9.95 Å². The molecular weight excluding hydrogens is 254 g/mol. The molecule has 0 fully saturated rings. The summed E-state index contributed by atoms with van der Waals surface area (Å²) in [7, 11) is 1.58. The zero-order valence-electron chi connectivity index (χ0n) is 10.3. The second kappa shape index (κ2) is 4.81. The number of nitrogens with zero attached hydrogens (tertiary/aromatic N) is 3. The van der Waals surface area contributed by atoms with Gasteiger partial charge < -0.3 is 5.32 Å². The molecule has 2 aromatic rings. The van der Waals surface area contributed by atoms with E-state index >= 15 is 0 Å². The highest BCUT2D eigenvalue weighted by atomic mass is 32.2. The van der Waals surface area contributed by atoms with Crippen LogP contribution in [0.1, 0.15) is 11.3 Å². The average Bonchev–Trinajstić information content (AvgIpc) is 2.76. The Morgan fingerprint density at radius 1 is 1.44 bits per heavy atom. The normalized spacial score (nSPS) is 10.8. The molecule has 0 saturated carbocycles. The molecule has 0 spiro atoms. The van der Waals surface area contributed by atoms with E-state index in [-0.39, 0.29) is 17.2 Å². The van der Waals surface area contributed by atoms with Crippen LogP contribution in [0, 0.1) is 13.8 Å². The number of carbonyl (C=O) groups excluding carboxylic acids is 1. The molecule has 0 aromatic carbocycles. The molecule has 0 radical (unpaired) electrons. The SMILES string of the molecule is CNC(=O)CSc1nnc2[nH]c(=O)c(C)c(C)n12. The summed E-state index contributed by atoms with van der Waals surface area (Å²) >= 11 is 1.27. The predicted molar refractivity (Wildman–Crippen MR) is 67.9 cm³/mol. The number of rotatable bonds is 3. The van der Waals surface area contributed by atoms with Crippen molar-refractivity contribution in [1.82, 2.24) is 24.9 Å². The number of aromatic amines is 1. The number of aryl methyl sites for hydroxylation is 1. The Balaban J connectivity index is 2.44. The molecule has 2 rings (SSSR count). The van der Waals surface area contributed by atoms with Crippen LogP contribution in [0.3, 0.4) is 0 Å². The van der Waals surface area contributed by atoms with Crippen molar-refractivity contribution in [3.63, 3.8) is 0 Å². The van der Waals surface area contributed by atoms with E-state index in [0.717, 1.165) is 5.69 Å². The van der Waals surface area contributed by atoms with Crippen molar-refractivity contribution in [2.45, 2.75) is 19.0 Å². The number of nitrogens with one attached hydrogen (secondary N) is 2. The van der Waals surface area contributed by atoms with E-state index in [1.165, 1.54) is 11.8 Å². The molecular formula is C10H13N5O2S. The van der Waals surface area contributed by atoms with E-state index in [4.69, 9.17) is 0 Å². The number of amides is 1. The van der Waals surface area contributed by atoms with E-state index in [1.54, 1.807) is 18.4 Å². The minimum Gasteiger partial charge on any atom is -0.358 e. The second-order valence-corrected chi connectivity index (χ2v) is 4.71. The first kappa shape index (κ1) is 12.6. The molecule has 0 aliphatic rings. The van der Waals surface area contributed by atoms with Gasteiger partial charge in [-0.15, -0.1) is 10.2 Å². The number of aromatic nitrogens is 4. The van der Waals surface area contributed by atoms with Gasteiger partial charge in [-0.2, -0.15) is 0 Å². The van der Waals surface area contributed by atoms with Gasteiger partial charge in [0.15, 0.2) is 5.16 Å². The first-order valence-corrected chi connectivity index (χ1v) is 6.31. The molecule has 18 heavy (non-hydrogen) atoms. The number of carbonyl (C=O) groups is 1. The lowest BCUT2D eigenvalue weighted by Crippen LogP contribution is -2.20. The van der Waals surface area contributed by atoms with Crippen molar-refractivity contribution < 1.29 is 4.79 Å². The first-order chi connectivity index (χ1) is 8.54. The highest BCUT2D eigenvalue weighted by Crippen LogP contribution is 2.17. The van der Waals surface area contributed by atoms with Gasteiger partial charge in [0.25, 0.3) is 5.56 Å². The van der Waals surface area contributed by atoms with Gasteiger partial charge in [-0.05, 0) is 13.8 Å². The summed E-state index contributed by atoms with van der Waals surface area (Å²) in [6.07, 6.45) is 0. The predicted octanol–water partition coefficient (Wildman–Crippen LogP) is -0.127. The van der Waals surface area contributed by atoms with Crippen molar-refractivity contribution in [1.29, 1.82) is 0 Å². The Morgan fingerprint density at radius 3 is 2.83 bits per heavy atom. The number of H-pyrrole nitrogens is 1. The third-order valence-corrected chi connectivity index (χ3v) is 3.62. The molecule has 0 aliphatic heterocycles. The van der Waals surface area contributed by atoms with Gasteiger partial charge in [0, 0.05) is 18.3 Å². The summed E-state index contributed by atoms with van der Waals surface area (Å²) in [5, 5.41) is 11.0. The maximum absolute atomic E-state index is 11.6. The van der Waals surface area contributed by atoms with Crippen molar-refractivity contribution in [3.8, 4) is 0 Å². The molecule has 0 atom stereocenters. The largest absolute Gasteiger partial charge is 0.358 e. The smallest absolute Gasteiger partial charge is 0.255 e. The maximum atomic E-state index is 11.6. The zero-order chi connectivity index (χ0) is 13.3. The lowest BCUT2D eigenvalue weighted by Gasteiger charge is -2.05. The van der Waals surface area contributed by atoms with E-state index in [9.17, 15) is 9.59 Å². The molecule has 2 N–H and O–H groups in total. The summed E-state index contributed by atoms with van der Waals surface area (Å²) in [5.41, 5.74) is 1.22. The highest BCUT2D eigenvalue weighted by Gasteiger charge is 2.13. The van der Waals surface area contributed by atoms with Crippen LogP contribution in [0.5, 0.6) is 0 Å². The average molecular weight is 267 g/mol.